The van der Waals surface area contributed by atoms with Gasteiger partial charge in [-0.3, -0.25) is 0 Å². The number of benzene rings is 1. The Labute approximate surface area is 367 Å². The summed E-state index contributed by atoms with van der Waals surface area (Å²) in [7, 11) is 0. The van der Waals surface area contributed by atoms with Crippen LogP contribution in [-0.2, 0) is 25.9 Å². The smallest absolute Gasteiger partial charge is 0.161 e. The van der Waals surface area contributed by atoms with Gasteiger partial charge in [0.1, 0.15) is 24.2 Å². The number of nitrogens with two attached hydrogens (primary N) is 2. The maximum absolute atomic E-state index is 11.4. The molecule has 0 saturated heterocycles. The zero-order valence-electron chi connectivity index (χ0n) is 36.8. The Morgan fingerprint density at radius 1 is 1.00 bits per heavy atom. The van der Waals surface area contributed by atoms with Crippen molar-refractivity contribution in [2.75, 3.05) is 26.2 Å². The molecule has 1 spiro atoms. The van der Waals surface area contributed by atoms with Gasteiger partial charge in [0.2, 0.25) is 0 Å². The SMILES string of the molecule is C[C@H](O)CNC[C@H]1c2cc([C@@H](O)COc3cc(CCc4cc(CO)c(CCCCCC[C@H](N)CC[C@H](O)CCC5=CCNC(N)=C5)o4)ccc3O)[nH]c2[C@H]2C=C[C@@]13CCC[C@@H]3C2. The summed E-state index contributed by atoms with van der Waals surface area (Å²) >= 11 is 0. The van der Waals surface area contributed by atoms with Gasteiger partial charge in [0, 0.05) is 67.3 Å². The number of furan rings is 1. The van der Waals surface area contributed by atoms with Gasteiger partial charge in [-0.1, -0.05) is 50.0 Å². The number of unbranched alkanes of at least 4 members (excludes halogenated alkanes) is 3. The fraction of sp³-hybridized carbons (Fsp3) is 0.600. The lowest BCUT2D eigenvalue weighted by Crippen LogP contribution is -2.39. The van der Waals surface area contributed by atoms with E-state index >= 15 is 0 Å². The number of ether oxygens (including phenoxy) is 1. The molecule has 1 fully saturated rings. The van der Waals surface area contributed by atoms with E-state index in [-0.39, 0.29) is 42.4 Å². The summed E-state index contributed by atoms with van der Waals surface area (Å²) in [5.41, 5.74) is 18.5. The highest BCUT2D eigenvalue weighted by Crippen LogP contribution is 2.62. The number of allylic oxidation sites excluding steroid dienone is 4. The van der Waals surface area contributed by atoms with Crippen LogP contribution >= 0.6 is 0 Å². The molecule has 1 saturated carbocycles. The van der Waals surface area contributed by atoms with Crippen molar-refractivity contribution < 1.29 is 34.7 Å². The lowest BCUT2D eigenvalue weighted by Gasteiger charge is -2.41. The number of phenolic OH excluding ortho intramolecular Hbond substituents is 1. The summed E-state index contributed by atoms with van der Waals surface area (Å²) in [5.74, 6) is 3.86. The van der Waals surface area contributed by atoms with E-state index in [2.05, 4.69) is 39.9 Å². The zero-order chi connectivity index (χ0) is 43.6. The third-order valence-electron chi connectivity index (χ3n) is 14.1. The van der Waals surface area contributed by atoms with Crippen LogP contribution in [0.15, 0.2) is 70.4 Å². The minimum absolute atomic E-state index is 0.0135. The second-order valence-corrected chi connectivity index (χ2v) is 18.7. The molecule has 4 aliphatic carbocycles. The van der Waals surface area contributed by atoms with E-state index in [0.29, 0.717) is 49.2 Å². The van der Waals surface area contributed by atoms with Crippen molar-refractivity contribution in [3.63, 3.8) is 0 Å². The van der Waals surface area contributed by atoms with Crippen molar-refractivity contribution >= 4 is 0 Å². The third kappa shape index (κ3) is 11.6. The van der Waals surface area contributed by atoms with E-state index in [0.717, 1.165) is 112 Å². The molecule has 12 heteroatoms. The summed E-state index contributed by atoms with van der Waals surface area (Å²) in [4.78, 5) is 3.61. The average Bonchev–Trinajstić information content (AvgIpc) is 3.98. The highest BCUT2D eigenvalue weighted by Gasteiger charge is 2.53. The summed E-state index contributed by atoms with van der Waals surface area (Å²) in [6.45, 7) is 3.78. The molecule has 0 unspecified atom stereocenters. The predicted octanol–water partition coefficient (Wildman–Crippen LogP) is 6.67. The van der Waals surface area contributed by atoms with E-state index in [1.54, 1.807) is 13.0 Å². The van der Waals surface area contributed by atoms with E-state index in [1.807, 2.05) is 24.3 Å². The van der Waals surface area contributed by atoms with Crippen molar-refractivity contribution in [2.24, 2.45) is 22.8 Å². The first kappa shape index (κ1) is 46.0. The number of rotatable bonds is 25. The fourth-order valence-electron chi connectivity index (χ4n) is 10.7. The molecular formula is C50H73N5O7. The Morgan fingerprint density at radius 2 is 1.85 bits per heavy atom. The number of hydrogen-bond acceptors (Lipinski definition) is 11. The lowest BCUT2D eigenvalue weighted by molar-refractivity contribution is 0.103. The quantitative estimate of drug-likeness (QED) is 0.0321. The Kier molecular flexibility index (Phi) is 16.0. The molecule has 3 heterocycles. The first-order valence-corrected chi connectivity index (χ1v) is 23.5. The van der Waals surface area contributed by atoms with Crippen LogP contribution in [0.25, 0.3) is 0 Å². The van der Waals surface area contributed by atoms with Crippen molar-refractivity contribution in [3.05, 3.63) is 106 Å². The fourth-order valence-corrected chi connectivity index (χ4v) is 10.7. The molecule has 1 aliphatic heterocycles. The monoisotopic (exact) mass is 856 g/mol. The highest BCUT2D eigenvalue weighted by molar-refractivity contribution is 5.45. The maximum atomic E-state index is 11.4. The number of aromatic amines is 1. The largest absolute Gasteiger partial charge is 0.504 e. The van der Waals surface area contributed by atoms with E-state index in [4.69, 9.17) is 20.6 Å². The van der Waals surface area contributed by atoms with Gasteiger partial charge in [-0.05, 0) is 130 Å². The number of dihydropyridines is 1. The third-order valence-corrected chi connectivity index (χ3v) is 14.1. The minimum Gasteiger partial charge on any atom is -0.504 e. The zero-order valence-corrected chi connectivity index (χ0v) is 36.8. The lowest BCUT2D eigenvalue weighted by atomic mass is 9.64. The Hall–Kier alpha value is -4.04. The standard InChI is InChI=1S/C50H73N5O7/c1-32(57)28-53-29-42-41-27-43(55-49(41)35-18-21-50(42)20-6-7-37(50)25-35)45(60)31-61-47-23-33(12-17-44(47)59)11-16-40-26-36(30-56)46(62-40)9-5-3-2-4-8-38(51)13-15-39(58)14-10-34-19-22-54-48(52)24-34/h12,17-19,21,23-24,26-27,32,35,37-39,42,45,53-60H,2-11,13-16,20,22,25,28-31,51-52H2,1H3/t32-,35-,37+,38-,39+,42-,45-,50+/m0/s1. The molecular weight excluding hydrogens is 783 g/mol. The van der Waals surface area contributed by atoms with Gasteiger partial charge in [-0.2, -0.15) is 0 Å². The van der Waals surface area contributed by atoms with Crippen LogP contribution in [0.3, 0.4) is 0 Å². The van der Waals surface area contributed by atoms with Crippen LogP contribution in [0, 0.1) is 11.3 Å². The summed E-state index contributed by atoms with van der Waals surface area (Å²) in [5, 5.41) is 59.2. The molecule has 1 aromatic carbocycles. The van der Waals surface area contributed by atoms with E-state index in [1.165, 1.54) is 29.7 Å². The van der Waals surface area contributed by atoms with Crippen molar-refractivity contribution in [3.8, 4) is 11.5 Å². The van der Waals surface area contributed by atoms with Gasteiger partial charge in [0.25, 0.3) is 0 Å². The van der Waals surface area contributed by atoms with Gasteiger partial charge < -0.3 is 61.8 Å². The molecule has 340 valence electrons. The van der Waals surface area contributed by atoms with Gasteiger partial charge in [-0.15, -0.1) is 0 Å². The number of hydrogen-bond donors (Lipinski definition) is 10. The average molecular weight is 856 g/mol. The molecule has 12 nitrogen and oxygen atoms in total. The highest BCUT2D eigenvalue weighted by atomic mass is 16.5. The first-order valence-electron chi connectivity index (χ1n) is 23.5. The number of phenols is 1. The van der Waals surface area contributed by atoms with Gasteiger partial charge in [-0.25, -0.2) is 0 Å². The van der Waals surface area contributed by atoms with Crippen LogP contribution in [0.5, 0.6) is 11.5 Å². The van der Waals surface area contributed by atoms with Crippen LogP contribution < -0.4 is 26.8 Å². The number of nitrogens with one attached hydrogen (secondary N) is 3. The van der Waals surface area contributed by atoms with Gasteiger partial charge >= 0.3 is 0 Å². The summed E-state index contributed by atoms with van der Waals surface area (Å²) in [6.07, 6.45) is 22.2. The van der Waals surface area contributed by atoms with Crippen molar-refractivity contribution in [1.82, 2.24) is 15.6 Å². The van der Waals surface area contributed by atoms with Crippen LogP contribution in [0.1, 0.15) is 148 Å². The van der Waals surface area contributed by atoms with Crippen molar-refractivity contribution in [1.29, 1.82) is 0 Å². The Morgan fingerprint density at radius 3 is 2.68 bits per heavy atom. The molecule has 2 bridgehead atoms. The normalized spacial score (nSPS) is 23.5. The molecule has 3 aromatic rings. The molecule has 0 amide bonds. The first-order chi connectivity index (χ1) is 30.0. The molecule has 0 radical (unpaired) electrons. The van der Waals surface area contributed by atoms with Gasteiger partial charge in [0.15, 0.2) is 11.5 Å². The molecule has 2 aromatic heterocycles. The number of aromatic hydroxyl groups is 1. The van der Waals surface area contributed by atoms with E-state index < -0.39 is 12.2 Å². The molecule has 8 rings (SSSR count). The molecule has 8 atom stereocenters. The summed E-state index contributed by atoms with van der Waals surface area (Å²) in [6, 6.07) is 9.50. The molecule has 5 aliphatic rings. The predicted molar refractivity (Wildman–Crippen MR) is 243 cm³/mol. The molecule has 12 N–H and O–H groups in total. The van der Waals surface area contributed by atoms with Crippen molar-refractivity contribution in [2.45, 2.75) is 152 Å². The Balaban J connectivity index is 0.840. The number of aliphatic hydroxyl groups excluding tert-OH is 4. The second-order valence-electron chi connectivity index (χ2n) is 18.7. The number of aryl methyl sites for hydroxylation is 3. The topological polar surface area (TPSA) is 215 Å². The minimum atomic E-state index is -0.909. The van der Waals surface area contributed by atoms with Crippen LogP contribution in [0.2, 0.25) is 0 Å². The maximum Gasteiger partial charge on any atom is 0.161 e. The number of H-pyrrole nitrogens is 1. The van der Waals surface area contributed by atoms with Crippen LogP contribution in [-0.4, -0.2) is 75.0 Å². The summed E-state index contributed by atoms with van der Waals surface area (Å²) < 4.78 is 12.3. The number of aliphatic hydroxyl groups is 4. The van der Waals surface area contributed by atoms with E-state index in [9.17, 15) is 25.5 Å². The Bertz CT molecular complexity index is 2000. The number of aromatic nitrogens is 1. The van der Waals surface area contributed by atoms with Crippen LogP contribution in [0.4, 0.5) is 0 Å². The van der Waals surface area contributed by atoms with Gasteiger partial charge in [0.05, 0.1) is 24.6 Å². The molecule has 62 heavy (non-hydrogen) atoms. The second kappa shape index (κ2) is 21.6.